The van der Waals surface area contributed by atoms with E-state index >= 15 is 0 Å². The molecule has 0 spiro atoms. The van der Waals surface area contributed by atoms with E-state index in [1.54, 1.807) is 25.2 Å². The molecule has 0 bridgehead atoms. The molecule has 0 saturated carbocycles. The standard InChI is InChI=1S/C14H13NO3S/c1-9-3-8-12(19-9)13(16)15(2)11-6-4-10(5-7-11)14(17)18/h3-8H,1-2H3,(H,17,18). The zero-order chi connectivity index (χ0) is 14.0. The molecule has 2 rings (SSSR count). The third-order valence-electron chi connectivity index (χ3n) is 2.76. The van der Waals surface area contributed by atoms with Gasteiger partial charge in [-0.05, 0) is 43.3 Å². The van der Waals surface area contributed by atoms with Crippen LogP contribution in [0.4, 0.5) is 5.69 Å². The highest BCUT2D eigenvalue weighted by atomic mass is 32.1. The summed E-state index contributed by atoms with van der Waals surface area (Å²) in [5.74, 6) is -1.07. The Hall–Kier alpha value is -2.14. The first-order valence-corrected chi connectivity index (χ1v) is 6.48. The predicted octanol–water partition coefficient (Wildman–Crippen LogP) is 3.03. The molecule has 0 radical (unpaired) electrons. The fourth-order valence-corrected chi connectivity index (χ4v) is 2.50. The summed E-state index contributed by atoms with van der Waals surface area (Å²) >= 11 is 1.44. The maximum Gasteiger partial charge on any atom is 0.335 e. The lowest BCUT2D eigenvalue weighted by molar-refractivity contribution is 0.0696. The number of anilines is 1. The fraction of sp³-hybridized carbons (Fsp3) is 0.143. The highest BCUT2D eigenvalue weighted by Crippen LogP contribution is 2.21. The van der Waals surface area contributed by atoms with E-state index in [2.05, 4.69) is 0 Å². The van der Waals surface area contributed by atoms with Gasteiger partial charge in [0.25, 0.3) is 5.91 Å². The minimum absolute atomic E-state index is 0.0961. The Balaban J connectivity index is 2.21. The third kappa shape index (κ3) is 2.82. The summed E-state index contributed by atoms with van der Waals surface area (Å²) in [6.07, 6.45) is 0. The molecule has 19 heavy (non-hydrogen) atoms. The van der Waals surface area contributed by atoms with Crippen LogP contribution in [0, 0.1) is 6.92 Å². The Kier molecular flexibility index (Phi) is 3.66. The summed E-state index contributed by atoms with van der Waals surface area (Å²) in [5, 5.41) is 8.83. The predicted molar refractivity (Wildman–Crippen MR) is 75.2 cm³/mol. The zero-order valence-corrected chi connectivity index (χ0v) is 11.4. The molecule has 0 fully saturated rings. The molecule has 1 aromatic carbocycles. The van der Waals surface area contributed by atoms with Gasteiger partial charge >= 0.3 is 5.97 Å². The molecule has 2 aromatic rings. The number of hydrogen-bond donors (Lipinski definition) is 1. The molecular weight excluding hydrogens is 262 g/mol. The van der Waals surface area contributed by atoms with Crippen LogP contribution in [0.1, 0.15) is 24.9 Å². The minimum Gasteiger partial charge on any atom is -0.478 e. The van der Waals surface area contributed by atoms with E-state index in [4.69, 9.17) is 5.11 Å². The van der Waals surface area contributed by atoms with Gasteiger partial charge in [0.2, 0.25) is 0 Å². The van der Waals surface area contributed by atoms with Crippen LogP contribution < -0.4 is 4.90 Å². The number of benzene rings is 1. The lowest BCUT2D eigenvalue weighted by Gasteiger charge is -2.16. The molecule has 1 N–H and O–H groups in total. The first kappa shape index (κ1) is 13.3. The van der Waals surface area contributed by atoms with Gasteiger partial charge in [-0.25, -0.2) is 4.79 Å². The van der Waals surface area contributed by atoms with Gasteiger partial charge < -0.3 is 10.0 Å². The molecule has 1 aromatic heterocycles. The molecule has 0 aliphatic rings. The van der Waals surface area contributed by atoms with E-state index in [0.717, 1.165) is 4.88 Å². The first-order valence-electron chi connectivity index (χ1n) is 5.67. The summed E-state index contributed by atoms with van der Waals surface area (Å²) in [5.41, 5.74) is 0.873. The highest BCUT2D eigenvalue weighted by molar-refractivity contribution is 7.14. The summed E-state index contributed by atoms with van der Waals surface area (Å²) in [4.78, 5) is 26.2. The Morgan fingerprint density at radius 1 is 1.11 bits per heavy atom. The number of carboxylic acid groups (broad SMARTS) is 1. The molecule has 98 valence electrons. The quantitative estimate of drug-likeness (QED) is 0.936. The Morgan fingerprint density at radius 3 is 2.21 bits per heavy atom. The molecule has 0 aliphatic carbocycles. The number of aryl methyl sites for hydroxylation is 1. The zero-order valence-electron chi connectivity index (χ0n) is 10.6. The average Bonchev–Trinajstić information content (AvgIpc) is 2.84. The Morgan fingerprint density at radius 2 is 1.74 bits per heavy atom. The van der Waals surface area contributed by atoms with E-state index in [0.29, 0.717) is 10.6 Å². The van der Waals surface area contributed by atoms with Crippen molar-refractivity contribution in [3.8, 4) is 0 Å². The van der Waals surface area contributed by atoms with Gasteiger partial charge in [-0.15, -0.1) is 11.3 Å². The number of carbonyl (C=O) groups excluding carboxylic acids is 1. The van der Waals surface area contributed by atoms with Gasteiger partial charge in [0.05, 0.1) is 10.4 Å². The monoisotopic (exact) mass is 275 g/mol. The van der Waals surface area contributed by atoms with E-state index in [1.165, 1.54) is 28.4 Å². The van der Waals surface area contributed by atoms with Gasteiger partial charge in [-0.1, -0.05) is 0 Å². The minimum atomic E-state index is -0.977. The lowest BCUT2D eigenvalue weighted by Crippen LogP contribution is -2.25. The number of hydrogen-bond acceptors (Lipinski definition) is 3. The topological polar surface area (TPSA) is 57.6 Å². The van der Waals surface area contributed by atoms with Crippen LogP contribution in [-0.2, 0) is 0 Å². The van der Waals surface area contributed by atoms with E-state index in [-0.39, 0.29) is 11.5 Å². The van der Waals surface area contributed by atoms with E-state index in [9.17, 15) is 9.59 Å². The van der Waals surface area contributed by atoms with Crippen LogP contribution in [0.3, 0.4) is 0 Å². The second-order valence-electron chi connectivity index (χ2n) is 4.13. The molecule has 4 nitrogen and oxygen atoms in total. The van der Waals surface area contributed by atoms with Crippen molar-refractivity contribution in [1.29, 1.82) is 0 Å². The molecular formula is C14H13NO3S. The van der Waals surface area contributed by atoms with Gasteiger partial charge in [-0.2, -0.15) is 0 Å². The summed E-state index contributed by atoms with van der Waals surface area (Å²) in [6.45, 7) is 1.95. The first-order chi connectivity index (χ1) is 8.99. The van der Waals surface area contributed by atoms with Crippen LogP contribution in [0.5, 0.6) is 0 Å². The van der Waals surface area contributed by atoms with Gasteiger partial charge in [0.1, 0.15) is 0 Å². The number of aromatic carboxylic acids is 1. The third-order valence-corrected chi connectivity index (χ3v) is 3.75. The SMILES string of the molecule is Cc1ccc(C(=O)N(C)c2ccc(C(=O)O)cc2)s1. The normalized spacial score (nSPS) is 10.2. The second-order valence-corrected chi connectivity index (χ2v) is 5.41. The molecule has 1 heterocycles. The second kappa shape index (κ2) is 5.24. The Labute approximate surface area is 114 Å². The average molecular weight is 275 g/mol. The molecule has 5 heteroatoms. The van der Waals surface area contributed by atoms with Crippen molar-refractivity contribution in [3.63, 3.8) is 0 Å². The number of carbonyl (C=O) groups is 2. The van der Waals surface area contributed by atoms with Crippen molar-refractivity contribution in [3.05, 3.63) is 51.7 Å². The van der Waals surface area contributed by atoms with Crippen molar-refractivity contribution in [2.75, 3.05) is 11.9 Å². The fourth-order valence-electron chi connectivity index (χ4n) is 1.66. The number of amides is 1. The van der Waals surface area contributed by atoms with Crippen LogP contribution in [0.25, 0.3) is 0 Å². The van der Waals surface area contributed by atoms with Gasteiger partial charge in [0.15, 0.2) is 0 Å². The van der Waals surface area contributed by atoms with Gasteiger partial charge in [-0.3, -0.25) is 4.79 Å². The van der Waals surface area contributed by atoms with Crippen molar-refractivity contribution < 1.29 is 14.7 Å². The van der Waals surface area contributed by atoms with Gasteiger partial charge in [0, 0.05) is 17.6 Å². The molecule has 0 aliphatic heterocycles. The smallest absolute Gasteiger partial charge is 0.335 e. The lowest BCUT2D eigenvalue weighted by atomic mass is 10.2. The highest BCUT2D eigenvalue weighted by Gasteiger charge is 2.15. The van der Waals surface area contributed by atoms with E-state index < -0.39 is 5.97 Å². The number of carboxylic acids is 1. The Bertz CT molecular complexity index is 616. The van der Waals surface area contributed by atoms with Crippen molar-refractivity contribution in [1.82, 2.24) is 0 Å². The van der Waals surface area contributed by atoms with E-state index in [1.807, 2.05) is 13.0 Å². The summed E-state index contributed by atoms with van der Waals surface area (Å²) in [6, 6.07) is 9.93. The summed E-state index contributed by atoms with van der Waals surface area (Å²) < 4.78 is 0. The van der Waals surface area contributed by atoms with Crippen molar-refractivity contribution in [2.24, 2.45) is 0 Å². The number of nitrogens with zero attached hydrogens (tertiary/aromatic N) is 1. The summed E-state index contributed by atoms with van der Waals surface area (Å²) in [7, 11) is 1.67. The molecule has 0 atom stereocenters. The molecule has 1 amide bonds. The molecule has 0 unspecified atom stereocenters. The largest absolute Gasteiger partial charge is 0.478 e. The van der Waals surface area contributed by atoms with Crippen LogP contribution in [0.15, 0.2) is 36.4 Å². The van der Waals surface area contributed by atoms with Crippen LogP contribution >= 0.6 is 11.3 Å². The maximum absolute atomic E-state index is 12.2. The maximum atomic E-state index is 12.2. The van der Waals surface area contributed by atoms with Crippen molar-refractivity contribution in [2.45, 2.75) is 6.92 Å². The number of thiophene rings is 1. The van der Waals surface area contributed by atoms with Crippen LogP contribution in [0.2, 0.25) is 0 Å². The van der Waals surface area contributed by atoms with Crippen molar-refractivity contribution >= 4 is 28.9 Å². The number of rotatable bonds is 3. The molecule has 0 saturated heterocycles. The van der Waals surface area contributed by atoms with Crippen LogP contribution in [-0.4, -0.2) is 24.0 Å².